The van der Waals surface area contributed by atoms with Crippen LogP contribution in [0, 0.1) is 6.92 Å². The SMILES string of the molecule is Cc1cccn2nc(C3CCCSC3)nc12. The van der Waals surface area contributed by atoms with Gasteiger partial charge in [-0.15, -0.1) is 0 Å². The van der Waals surface area contributed by atoms with Crippen LogP contribution in [0.15, 0.2) is 18.3 Å². The first kappa shape index (κ1) is 10.1. The molecule has 0 bridgehead atoms. The average molecular weight is 233 g/mol. The van der Waals surface area contributed by atoms with Gasteiger partial charge in [-0.2, -0.15) is 16.9 Å². The molecule has 0 radical (unpaired) electrons. The summed E-state index contributed by atoms with van der Waals surface area (Å²) >= 11 is 2.02. The monoisotopic (exact) mass is 233 g/mol. The quantitative estimate of drug-likeness (QED) is 0.758. The fourth-order valence-electron chi connectivity index (χ4n) is 2.17. The summed E-state index contributed by atoms with van der Waals surface area (Å²) in [5, 5.41) is 4.59. The summed E-state index contributed by atoms with van der Waals surface area (Å²) < 4.78 is 1.91. The van der Waals surface area contributed by atoms with Crippen molar-refractivity contribution in [3.8, 4) is 0 Å². The Balaban J connectivity index is 2.01. The van der Waals surface area contributed by atoms with Gasteiger partial charge in [0.25, 0.3) is 0 Å². The summed E-state index contributed by atoms with van der Waals surface area (Å²) in [5.74, 6) is 4.05. The molecule has 0 saturated carbocycles. The van der Waals surface area contributed by atoms with Crippen molar-refractivity contribution < 1.29 is 0 Å². The molecule has 2 aromatic rings. The molecule has 1 atom stereocenters. The Hall–Kier alpha value is -1.03. The summed E-state index contributed by atoms with van der Waals surface area (Å²) in [4.78, 5) is 4.67. The van der Waals surface area contributed by atoms with E-state index < -0.39 is 0 Å². The predicted octanol–water partition coefficient (Wildman–Crippen LogP) is 2.65. The van der Waals surface area contributed by atoms with Gasteiger partial charge in [0, 0.05) is 17.9 Å². The van der Waals surface area contributed by atoms with Crippen LogP contribution in [0.2, 0.25) is 0 Å². The van der Waals surface area contributed by atoms with Gasteiger partial charge in [-0.25, -0.2) is 9.50 Å². The van der Waals surface area contributed by atoms with Crippen molar-refractivity contribution in [1.29, 1.82) is 0 Å². The van der Waals surface area contributed by atoms with E-state index in [0.717, 1.165) is 11.5 Å². The van der Waals surface area contributed by atoms with Crippen molar-refractivity contribution in [2.75, 3.05) is 11.5 Å². The maximum atomic E-state index is 4.67. The minimum absolute atomic E-state index is 0.554. The first-order valence-electron chi connectivity index (χ1n) is 5.74. The van der Waals surface area contributed by atoms with Gasteiger partial charge in [-0.1, -0.05) is 6.07 Å². The third-order valence-electron chi connectivity index (χ3n) is 3.10. The van der Waals surface area contributed by atoms with Crippen LogP contribution in [-0.4, -0.2) is 26.1 Å². The average Bonchev–Trinajstić information content (AvgIpc) is 2.76. The zero-order valence-corrected chi connectivity index (χ0v) is 10.2. The fourth-order valence-corrected chi connectivity index (χ4v) is 3.31. The van der Waals surface area contributed by atoms with E-state index in [9.17, 15) is 0 Å². The zero-order valence-electron chi connectivity index (χ0n) is 9.39. The first-order valence-corrected chi connectivity index (χ1v) is 6.90. The van der Waals surface area contributed by atoms with Gasteiger partial charge in [0.2, 0.25) is 0 Å². The maximum absolute atomic E-state index is 4.67. The van der Waals surface area contributed by atoms with E-state index in [1.807, 2.05) is 28.5 Å². The molecule has 0 N–H and O–H groups in total. The standard InChI is InChI=1S/C12H15N3S/c1-9-4-2-6-15-12(9)13-11(14-15)10-5-3-7-16-8-10/h2,4,6,10H,3,5,7-8H2,1H3. The highest BCUT2D eigenvalue weighted by Crippen LogP contribution is 2.29. The first-order chi connectivity index (χ1) is 7.84. The van der Waals surface area contributed by atoms with Crippen LogP contribution in [0.5, 0.6) is 0 Å². The Morgan fingerprint density at radius 3 is 3.19 bits per heavy atom. The lowest BCUT2D eigenvalue weighted by atomic mass is 10.1. The third-order valence-corrected chi connectivity index (χ3v) is 4.31. The summed E-state index contributed by atoms with van der Waals surface area (Å²) in [6.45, 7) is 2.09. The van der Waals surface area contributed by atoms with Crippen molar-refractivity contribution in [1.82, 2.24) is 14.6 Å². The largest absolute Gasteiger partial charge is 0.221 e. The molecule has 0 aromatic carbocycles. The van der Waals surface area contributed by atoms with Gasteiger partial charge in [0.15, 0.2) is 11.5 Å². The van der Waals surface area contributed by atoms with E-state index in [1.54, 1.807) is 0 Å². The summed E-state index contributed by atoms with van der Waals surface area (Å²) in [5.41, 5.74) is 2.21. The van der Waals surface area contributed by atoms with Gasteiger partial charge in [-0.3, -0.25) is 0 Å². The van der Waals surface area contributed by atoms with E-state index in [0.29, 0.717) is 5.92 Å². The van der Waals surface area contributed by atoms with E-state index in [-0.39, 0.29) is 0 Å². The molecular weight excluding hydrogens is 218 g/mol. The summed E-state index contributed by atoms with van der Waals surface area (Å²) in [7, 11) is 0. The summed E-state index contributed by atoms with van der Waals surface area (Å²) in [6, 6.07) is 4.11. The number of fused-ring (bicyclic) bond motifs is 1. The molecule has 1 aliphatic heterocycles. The van der Waals surface area contributed by atoms with Crippen LogP contribution < -0.4 is 0 Å². The van der Waals surface area contributed by atoms with Crippen molar-refractivity contribution in [3.05, 3.63) is 29.7 Å². The Labute approximate surface area is 99.3 Å². The number of hydrogen-bond acceptors (Lipinski definition) is 3. The summed E-state index contributed by atoms with van der Waals surface area (Å²) in [6.07, 6.45) is 4.52. The highest BCUT2D eigenvalue weighted by atomic mass is 32.2. The molecule has 1 aliphatic rings. The smallest absolute Gasteiger partial charge is 0.158 e. The lowest BCUT2D eigenvalue weighted by molar-refractivity contribution is 0.622. The van der Waals surface area contributed by atoms with Crippen LogP contribution in [-0.2, 0) is 0 Å². The minimum Gasteiger partial charge on any atom is -0.221 e. The molecule has 84 valence electrons. The number of hydrogen-bond donors (Lipinski definition) is 0. The van der Waals surface area contributed by atoms with E-state index in [1.165, 1.54) is 29.9 Å². The number of nitrogens with zero attached hydrogens (tertiary/aromatic N) is 3. The Bertz CT molecular complexity index is 500. The normalized spacial score (nSPS) is 21.4. The molecule has 0 spiro atoms. The van der Waals surface area contributed by atoms with Gasteiger partial charge < -0.3 is 0 Å². The number of aromatic nitrogens is 3. The van der Waals surface area contributed by atoms with Gasteiger partial charge in [0.1, 0.15) is 0 Å². The lowest BCUT2D eigenvalue weighted by Gasteiger charge is -2.17. The topological polar surface area (TPSA) is 30.2 Å². The van der Waals surface area contributed by atoms with Gasteiger partial charge >= 0.3 is 0 Å². The number of pyridine rings is 1. The lowest BCUT2D eigenvalue weighted by Crippen LogP contribution is -2.10. The molecule has 2 aromatic heterocycles. The van der Waals surface area contributed by atoms with Crippen LogP contribution in [0.3, 0.4) is 0 Å². The highest BCUT2D eigenvalue weighted by Gasteiger charge is 2.20. The molecule has 1 saturated heterocycles. The molecule has 3 nitrogen and oxygen atoms in total. The van der Waals surface area contributed by atoms with Gasteiger partial charge in [0.05, 0.1) is 0 Å². The molecule has 3 rings (SSSR count). The van der Waals surface area contributed by atoms with Crippen molar-refractivity contribution in [2.45, 2.75) is 25.7 Å². The Morgan fingerprint density at radius 2 is 2.44 bits per heavy atom. The second-order valence-electron chi connectivity index (χ2n) is 4.34. The Morgan fingerprint density at radius 1 is 1.50 bits per heavy atom. The number of thioether (sulfide) groups is 1. The van der Waals surface area contributed by atoms with E-state index in [2.05, 4.69) is 23.1 Å². The minimum atomic E-state index is 0.554. The van der Waals surface area contributed by atoms with Crippen molar-refractivity contribution in [2.24, 2.45) is 0 Å². The molecule has 1 unspecified atom stereocenters. The molecule has 16 heavy (non-hydrogen) atoms. The van der Waals surface area contributed by atoms with Crippen molar-refractivity contribution in [3.63, 3.8) is 0 Å². The number of rotatable bonds is 1. The van der Waals surface area contributed by atoms with E-state index >= 15 is 0 Å². The van der Waals surface area contributed by atoms with E-state index in [4.69, 9.17) is 0 Å². The second kappa shape index (κ2) is 4.09. The van der Waals surface area contributed by atoms with Crippen LogP contribution in [0.1, 0.15) is 30.1 Å². The molecule has 0 amide bonds. The molecule has 1 fully saturated rings. The Kier molecular flexibility index (Phi) is 2.59. The third kappa shape index (κ3) is 1.71. The molecule has 0 aliphatic carbocycles. The van der Waals surface area contributed by atoms with Crippen molar-refractivity contribution >= 4 is 17.4 Å². The maximum Gasteiger partial charge on any atom is 0.158 e. The number of aryl methyl sites for hydroxylation is 1. The fraction of sp³-hybridized carbons (Fsp3) is 0.500. The van der Waals surface area contributed by atoms with Crippen LogP contribution in [0.4, 0.5) is 0 Å². The predicted molar refractivity (Wildman–Crippen MR) is 67.0 cm³/mol. The van der Waals surface area contributed by atoms with Crippen LogP contribution in [0.25, 0.3) is 5.65 Å². The molecule has 3 heterocycles. The van der Waals surface area contributed by atoms with Gasteiger partial charge in [-0.05, 0) is 37.1 Å². The highest BCUT2D eigenvalue weighted by molar-refractivity contribution is 7.99. The van der Waals surface area contributed by atoms with Crippen LogP contribution >= 0.6 is 11.8 Å². The molecule has 4 heteroatoms. The molecular formula is C12H15N3S. The second-order valence-corrected chi connectivity index (χ2v) is 5.49. The zero-order chi connectivity index (χ0) is 11.0.